The molecule has 2 aromatic rings. The molecule has 2 aromatic heterocycles. The average molecular weight is 961 g/mol. The van der Waals surface area contributed by atoms with E-state index in [4.69, 9.17) is 20.0 Å². The average Bonchev–Trinajstić information content (AvgIpc) is 3.85. The third-order valence-corrected chi connectivity index (χ3v) is 14.7. The van der Waals surface area contributed by atoms with Gasteiger partial charge in [-0.15, -0.1) is 57.2 Å². The highest BCUT2D eigenvalue weighted by atomic mass is 32.2. The van der Waals surface area contributed by atoms with Crippen molar-refractivity contribution in [3.8, 4) is 12.1 Å². The van der Waals surface area contributed by atoms with Gasteiger partial charge in [-0.1, -0.05) is 23.5 Å². The minimum Gasteiger partial charge on any atom is -0.478 e. The number of carbonyl (C=O) groups is 6. The van der Waals surface area contributed by atoms with Crippen LogP contribution in [-0.2, 0) is 52.3 Å². The number of methoxy groups -OCH3 is 2. The molecule has 25 nitrogen and oxygen atoms in total. The van der Waals surface area contributed by atoms with Crippen LogP contribution in [0, 0.1) is 22.7 Å². The molecule has 4 rings (SSSR count). The zero-order valence-corrected chi connectivity index (χ0v) is 37.2. The van der Waals surface area contributed by atoms with E-state index in [1.54, 1.807) is 7.05 Å². The third-order valence-electron chi connectivity index (χ3n) is 8.27. The molecule has 4 atom stereocenters. The largest absolute Gasteiger partial charge is 0.478 e. The van der Waals surface area contributed by atoms with Crippen LogP contribution in [-0.4, -0.2) is 179 Å². The standard InChI is InChI=1S/C30H36N14O11S6/c1-42-27(36-38-40-42)60-10-15-9-58-23(33-19(15)21(47)48)29(54-3,34-17(45)13-56-7-5-31)24(51)44-20(22(49)50)16(12-61-28-37-39-41-43(28)2)11-59-25(44)30(55-4,26(52)53)35-18(46)14-57-8-6-32/h23,25,33H,7-14H2,1-4H3,(H,34,45)(H,35,46)(H,47,48)(H,49,50)(H,52,53)/t23-,25-,29-,30-/m1/s1. The van der Waals surface area contributed by atoms with Crippen LogP contribution in [0.15, 0.2) is 32.9 Å². The van der Waals surface area contributed by atoms with Gasteiger partial charge in [-0.3, -0.25) is 19.3 Å². The summed E-state index contributed by atoms with van der Waals surface area (Å²) in [5.74, 6) is -10.0. The molecule has 3 amide bonds. The van der Waals surface area contributed by atoms with Gasteiger partial charge in [-0.2, -0.15) is 10.5 Å². The minimum absolute atomic E-state index is 0.0373. The van der Waals surface area contributed by atoms with Crippen LogP contribution in [0.3, 0.4) is 0 Å². The van der Waals surface area contributed by atoms with Crippen molar-refractivity contribution >= 4 is 106 Å². The Bertz CT molecular complexity index is 2160. The van der Waals surface area contributed by atoms with Crippen molar-refractivity contribution < 1.29 is 53.6 Å². The molecule has 2 aliphatic heterocycles. The lowest BCUT2D eigenvalue weighted by atomic mass is 10.0. The second-order valence-corrected chi connectivity index (χ2v) is 18.1. The first-order valence-electron chi connectivity index (χ1n) is 16.9. The fraction of sp³-hybridized carbons (Fsp3) is 0.533. The first-order valence-corrected chi connectivity index (χ1v) is 23.3. The summed E-state index contributed by atoms with van der Waals surface area (Å²) in [6.07, 6.45) is 0. The smallest absolute Gasteiger partial charge is 0.360 e. The zero-order valence-electron chi connectivity index (χ0n) is 32.3. The molecular weight excluding hydrogens is 925 g/mol. The number of carboxylic acid groups (broad SMARTS) is 3. The van der Waals surface area contributed by atoms with E-state index in [1.807, 2.05) is 12.1 Å². The summed E-state index contributed by atoms with van der Waals surface area (Å²) in [5.41, 5.74) is -6.50. The predicted octanol–water partition coefficient (Wildman–Crippen LogP) is -1.62. The molecular formula is C30H36N14O11S6. The van der Waals surface area contributed by atoms with Gasteiger partial charge >= 0.3 is 17.9 Å². The van der Waals surface area contributed by atoms with E-state index in [0.29, 0.717) is 27.4 Å². The summed E-state index contributed by atoms with van der Waals surface area (Å²) in [6.45, 7) is 0. The van der Waals surface area contributed by atoms with Gasteiger partial charge in [0.05, 0.1) is 35.1 Å². The van der Waals surface area contributed by atoms with Crippen molar-refractivity contribution in [2.45, 2.75) is 32.5 Å². The van der Waals surface area contributed by atoms with Gasteiger partial charge in [0.2, 0.25) is 22.1 Å². The molecule has 61 heavy (non-hydrogen) atoms. The summed E-state index contributed by atoms with van der Waals surface area (Å²) >= 11 is 5.38. The van der Waals surface area contributed by atoms with Crippen LogP contribution >= 0.6 is 70.6 Å². The second kappa shape index (κ2) is 22.4. The number of tetrazole rings is 2. The molecule has 0 aromatic carbocycles. The maximum Gasteiger partial charge on any atom is 0.360 e. The fourth-order valence-corrected chi connectivity index (χ4v) is 11.2. The number of nitriles is 2. The van der Waals surface area contributed by atoms with E-state index in [1.165, 1.54) is 16.4 Å². The van der Waals surface area contributed by atoms with Crippen LogP contribution in [0.5, 0.6) is 0 Å². The van der Waals surface area contributed by atoms with E-state index in [0.717, 1.165) is 73.0 Å². The fourth-order valence-electron chi connectivity index (χ4n) is 5.53. The Morgan fingerprint density at radius 3 is 1.77 bits per heavy atom. The van der Waals surface area contributed by atoms with Crippen LogP contribution in [0.1, 0.15) is 0 Å². The Labute approximate surface area is 371 Å². The van der Waals surface area contributed by atoms with Gasteiger partial charge in [0.25, 0.3) is 17.4 Å². The molecule has 0 radical (unpaired) electrons. The van der Waals surface area contributed by atoms with Crippen molar-refractivity contribution in [1.82, 2.24) is 61.3 Å². The number of ether oxygens (including phenoxy) is 2. The molecule has 6 N–H and O–H groups in total. The maximum absolute atomic E-state index is 15.7. The molecule has 0 aliphatic carbocycles. The monoisotopic (exact) mass is 960 g/mol. The summed E-state index contributed by atoms with van der Waals surface area (Å²) in [5, 5.41) is 77.2. The van der Waals surface area contributed by atoms with Gasteiger partial charge in [0.1, 0.15) is 22.1 Å². The lowest BCUT2D eigenvalue weighted by Gasteiger charge is -2.49. The quantitative estimate of drug-likeness (QED) is 0.0438. The number of hydrogen-bond acceptors (Lipinski definition) is 23. The predicted molar refractivity (Wildman–Crippen MR) is 220 cm³/mol. The van der Waals surface area contributed by atoms with Crippen LogP contribution in [0.4, 0.5) is 0 Å². The SMILES string of the molecule is CO[C@@](NC(=O)CSCC#N)(C(=O)N1C(C(=O)O)=C(CSc2nnnn2C)CS[C@@H]1[C@@](NC(=O)CSCC#N)(OC)C(=O)O)[C@@H]1NC(C(=O)O)=C(CSc2nnnn2C)CS1. The van der Waals surface area contributed by atoms with E-state index >= 15 is 4.79 Å². The Morgan fingerprint density at radius 1 is 0.820 bits per heavy atom. The summed E-state index contributed by atoms with van der Waals surface area (Å²) < 4.78 is 14.0. The van der Waals surface area contributed by atoms with Gasteiger partial charge in [-0.05, 0) is 32.0 Å². The Kier molecular flexibility index (Phi) is 17.9. The second-order valence-electron chi connectivity index (χ2n) is 12.0. The Balaban J connectivity index is 1.94. The molecule has 2 aliphatic rings. The van der Waals surface area contributed by atoms with Crippen LogP contribution < -0.4 is 16.0 Å². The molecule has 4 heterocycles. The van der Waals surface area contributed by atoms with Gasteiger partial charge in [0.15, 0.2) is 0 Å². The van der Waals surface area contributed by atoms with Gasteiger partial charge in [-0.25, -0.2) is 23.7 Å². The molecule has 328 valence electrons. The number of carbonyl (C=O) groups excluding carboxylic acids is 3. The van der Waals surface area contributed by atoms with E-state index < -0.39 is 80.7 Å². The number of aliphatic carboxylic acids is 3. The van der Waals surface area contributed by atoms with Crippen molar-refractivity contribution in [2.24, 2.45) is 14.1 Å². The first-order chi connectivity index (χ1) is 29.1. The number of hydrogen-bond donors (Lipinski definition) is 6. The molecule has 0 saturated heterocycles. The summed E-state index contributed by atoms with van der Waals surface area (Å²) in [4.78, 5) is 82.8. The summed E-state index contributed by atoms with van der Waals surface area (Å²) in [7, 11) is 5.01. The van der Waals surface area contributed by atoms with E-state index in [-0.39, 0.29) is 45.2 Å². The number of aromatic nitrogens is 8. The summed E-state index contributed by atoms with van der Waals surface area (Å²) in [6, 6.07) is 3.71. The number of thioether (sulfide) groups is 6. The van der Waals surface area contributed by atoms with Crippen LogP contribution in [0.25, 0.3) is 0 Å². The molecule has 0 unspecified atom stereocenters. The lowest BCUT2D eigenvalue weighted by Crippen LogP contribution is -2.75. The lowest BCUT2D eigenvalue weighted by molar-refractivity contribution is -0.182. The third kappa shape index (κ3) is 11.4. The van der Waals surface area contributed by atoms with Crippen molar-refractivity contribution in [3.05, 3.63) is 22.5 Å². The molecule has 0 fully saturated rings. The van der Waals surface area contributed by atoms with Gasteiger partial charge < -0.3 is 40.7 Å². The Hall–Kier alpha value is -4.76. The van der Waals surface area contributed by atoms with E-state index in [2.05, 4.69) is 47.0 Å². The normalized spacial score (nSPS) is 18.5. The molecule has 31 heteroatoms. The molecule has 0 bridgehead atoms. The van der Waals surface area contributed by atoms with E-state index in [9.17, 15) is 39.3 Å². The highest BCUT2D eigenvalue weighted by Crippen LogP contribution is 2.43. The Morgan fingerprint density at radius 2 is 1.33 bits per heavy atom. The molecule has 0 saturated carbocycles. The number of amides is 3. The number of nitrogens with one attached hydrogen (secondary N) is 3. The number of aryl methyl sites for hydroxylation is 2. The maximum atomic E-state index is 15.7. The zero-order chi connectivity index (χ0) is 44.9. The minimum atomic E-state index is -2.90. The van der Waals surface area contributed by atoms with Gasteiger partial charge in [0, 0.05) is 51.3 Å². The number of carboxylic acids is 3. The highest BCUT2D eigenvalue weighted by molar-refractivity contribution is 8.01. The number of nitrogens with zero attached hydrogens (tertiary/aromatic N) is 11. The van der Waals surface area contributed by atoms with Crippen molar-refractivity contribution in [3.63, 3.8) is 0 Å². The molecule has 0 spiro atoms. The van der Waals surface area contributed by atoms with Crippen LogP contribution in [0.2, 0.25) is 0 Å². The highest BCUT2D eigenvalue weighted by Gasteiger charge is 2.61. The number of rotatable bonds is 22. The van der Waals surface area contributed by atoms with Crippen molar-refractivity contribution in [2.75, 3.05) is 60.2 Å². The van der Waals surface area contributed by atoms with Crippen molar-refractivity contribution in [1.29, 1.82) is 10.5 Å². The topological polar surface area (TPSA) is 356 Å². The first kappa shape index (κ1) is 48.9.